The number of carbonyl (C=O) groups excluding carboxylic acids is 3. The van der Waals surface area contributed by atoms with Crippen LogP contribution in [0.1, 0.15) is 29.3 Å². The SMILES string of the molecule is C=C(F)C(=O)OCCOc1ccc(-c2ccc(-c3ccc(C(=O)Oc4ccc(/C=C/C(=O)OCCC)cc4)c(F)c3)c(F)c2)c(F)c1F. The molecule has 0 heterocycles. The van der Waals surface area contributed by atoms with Crippen LogP contribution in [-0.2, 0) is 19.1 Å². The number of rotatable bonds is 13. The van der Waals surface area contributed by atoms with Gasteiger partial charge in [0.05, 0.1) is 12.2 Å². The minimum atomic E-state index is -1.39. The third-order valence-corrected chi connectivity index (χ3v) is 6.57. The average Bonchev–Trinajstić information content (AvgIpc) is 3.06. The maximum atomic E-state index is 15.2. The summed E-state index contributed by atoms with van der Waals surface area (Å²) in [6, 6.07) is 15.2. The lowest BCUT2D eigenvalue weighted by molar-refractivity contribution is -0.141. The summed E-state index contributed by atoms with van der Waals surface area (Å²) in [5.41, 5.74) is -0.128. The lowest BCUT2D eigenvalue weighted by Crippen LogP contribution is -2.12. The van der Waals surface area contributed by atoms with Crippen molar-refractivity contribution in [3.05, 3.63) is 126 Å². The molecule has 0 bridgehead atoms. The molecule has 0 N–H and O–H groups in total. The van der Waals surface area contributed by atoms with Crippen LogP contribution < -0.4 is 9.47 Å². The van der Waals surface area contributed by atoms with Crippen molar-refractivity contribution in [1.29, 1.82) is 0 Å². The van der Waals surface area contributed by atoms with Gasteiger partial charge in [-0.3, -0.25) is 0 Å². The van der Waals surface area contributed by atoms with Crippen LogP contribution in [0.2, 0.25) is 0 Å². The van der Waals surface area contributed by atoms with Crippen LogP contribution in [-0.4, -0.2) is 37.7 Å². The Morgan fingerprint density at radius 3 is 2.08 bits per heavy atom. The Hall–Kier alpha value is -5.78. The predicted molar refractivity (Wildman–Crippen MR) is 166 cm³/mol. The van der Waals surface area contributed by atoms with Gasteiger partial charge in [0.15, 0.2) is 11.6 Å². The zero-order valence-electron chi connectivity index (χ0n) is 25.4. The van der Waals surface area contributed by atoms with E-state index in [4.69, 9.17) is 14.2 Å². The number of halogens is 5. The largest absolute Gasteiger partial charge is 0.487 e. The number of carbonyl (C=O) groups is 3. The lowest BCUT2D eigenvalue weighted by atomic mass is 9.98. The van der Waals surface area contributed by atoms with E-state index >= 15 is 4.39 Å². The van der Waals surface area contributed by atoms with Crippen LogP contribution in [0.3, 0.4) is 0 Å². The maximum Gasteiger partial charge on any atom is 0.366 e. The van der Waals surface area contributed by atoms with Crippen molar-refractivity contribution in [1.82, 2.24) is 0 Å². The van der Waals surface area contributed by atoms with Crippen LogP contribution >= 0.6 is 0 Å². The van der Waals surface area contributed by atoms with E-state index < -0.39 is 71.5 Å². The molecule has 4 aromatic rings. The zero-order chi connectivity index (χ0) is 34.8. The molecule has 4 rings (SSSR count). The minimum absolute atomic E-state index is 0.0341. The summed E-state index contributed by atoms with van der Waals surface area (Å²) in [6.07, 6.45) is 3.48. The molecule has 0 amide bonds. The van der Waals surface area contributed by atoms with Crippen molar-refractivity contribution in [2.75, 3.05) is 19.8 Å². The topological polar surface area (TPSA) is 88.1 Å². The summed E-state index contributed by atoms with van der Waals surface area (Å²) in [7, 11) is 0. The van der Waals surface area contributed by atoms with Gasteiger partial charge in [-0.2, -0.15) is 8.78 Å². The Kier molecular flexibility index (Phi) is 11.8. The standard InChI is InChI=1S/C36H27F5O7/c1-3-16-46-32(42)15-6-22-4-9-25(10-5-22)48-36(44)28-12-8-23(19-30(28)39)26-11-7-24(20-29(26)38)27-13-14-31(34(41)33(27)40)45-17-18-47-35(43)21(2)37/h4-15,19-20H,2-3,16-18H2,1H3/b15-6+. The molecule has 0 atom stereocenters. The summed E-state index contributed by atoms with van der Waals surface area (Å²) in [6.45, 7) is 4.08. The highest BCUT2D eigenvalue weighted by Gasteiger charge is 2.20. The van der Waals surface area contributed by atoms with E-state index in [-0.39, 0.29) is 28.0 Å². The van der Waals surface area contributed by atoms with Gasteiger partial charge in [0.25, 0.3) is 0 Å². The number of hydrogen-bond acceptors (Lipinski definition) is 7. The van der Waals surface area contributed by atoms with Crippen molar-refractivity contribution in [2.45, 2.75) is 13.3 Å². The first-order valence-corrected chi connectivity index (χ1v) is 14.4. The highest BCUT2D eigenvalue weighted by molar-refractivity contribution is 5.92. The molecule has 248 valence electrons. The van der Waals surface area contributed by atoms with Crippen LogP contribution in [0.25, 0.3) is 28.3 Å². The van der Waals surface area contributed by atoms with Crippen LogP contribution in [0.15, 0.2) is 91.3 Å². The highest BCUT2D eigenvalue weighted by atomic mass is 19.2. The first-order valence-electron chi connectivity index (χ1n) is 14.4. The van der Waals surface area contributed by atoms with Crippen LogP contribution in [0.5, 0.6) is 11.5 Å². The van der Waals surface area contributed by atoms with Crippen molar-refractivity contribution in [2.24, 2.45) is 0 Å². The Balaban J connectivity index is 1.42. The van der Waals surface area contributed by atoms with Gasteiger partial charge in [-0.1, -0.05) is 43.8 Å². The third kappa shape index (κ3) is 8.93. The van der Waals surface area contributed by atoms with E-state index in [2.05, 4.69) is 11.3 Å². The van der Waals surface area contributed by atoms with Crippen molar-refractivity contribution >= 4 is 24.0 Å². The summed E-state index contributed by atoms with van der Waals surface area (Å²) >= 11 is 0. The lowest BCUT2D eigenvalue weighted by Gasteiger charge is -2.12. The van der Waals surface area contributed by atoms with Gasteiger partial charge in [0, 0.05) is 17.2 Å². The van der Waals surface area contributed by atoms with E-state index in [1.54, 1.807) is 12.1 Å². The number of hydrogen-bond donors (Lipinski definition) is 0. The van der Waals surface area contributed by atoms with Crippen LogP contribution in [0, 0.1) is 23.3 Å². The summed E-state index contributed by atoms with van der Waals surface area (Å²) in [5, 5.41) is 0. The van der Waals surface area contributed by atoms with Crippen molar-refractivity contribution in [3.63, 3.8) is 0 Å². The molecule has 0 aliphatic heterocycles. The fraction of sp³-hybridized carbons (Fsp3) is 0.139. The van der Waals surface area contributed by atoms with Gasteiger partial charge in [-0.05, 0) is 71.7 Å². The quantitative estimate of drug-likeness (QED) is 0.0468. The first kappa shape index (κ1) is 35.1. The molecule has 0 aliphatic carbocycles. The van der Waals surface area contributed by atoms with E-state index in [9.17, 15) is 31.9 Å². The van der Waals surface area contributed by atoms with Gasteiger partial charge in [0.2, 0.25) is 11.6 Å². The van der Waals surface area contributed by atoms with Gasteiger partial charge < -0.3 is 18.9 Å². The molecule has 0 radical (unpaired) electrons. The monoisotopic (exact) mass is 666 g/mol. The van der Waals surface area contributed by atoms with Crippen LogP contribution in [0.4, 0.5) is 22.0 Å². The van der Waals surface area contributed by atoms with Crippen molar-refractivity contribution < 1.29 is 55.3 Å². The van der Waals surface area contributed by atoms with Gasteiger partial charge in [-0.15, -0.1) is 0 Å². The normalized spacial score (nSPS) is 10.9. The van der Waals surface area contributed by atoms with Gasteiger partial charge in [-0.25, -0.2) is 27.6 Å². The molecule has 4 aromatic carbocycles. The van der Waals surface area contributed by atoms with Gasteiger partial charge in [0.1, 0.15) is 30.6 Å². The zero-order valence-corrected chi connectivity index (χ0v) is 25.4. The number of esters is 3. The first-order chi connectivity index (χ1) is 23.0. The Labute approximate surface area is 271 Å². The molecule has 0 unspecified atom stereocenters. The molecule has 12 heteroatoms. The summed E-state index contributed by atoms with van der Waals surface area (Å²) in [4.78, 5) is 35.3. The molecule has 7 nitrogen and oxygen atoms in total. The molecular weight excluding hydrogens is 639 g/mol. The number of benzene rings is 4. The number of ether oxygens (including phenoxy) is 4. The molecule has 0 saturated carbocycles. The van der Waals surface area contributed by atoms with E-state index in [1.807, 2.05) is 6.92 Å². The summed E-state index contributed by atoms with van der Waals surface area (Å²) < 4.78 is 92.0. The molecule has 0 fully saturated rings. The molecule has 0 spiro atoms. The second-order valence-electron chi connectivity index (χ2n) is 9.98. The molecular formula is C36H27F5O7. The van der Waals surface area contributed by atoms with Crippen molar-refractivity contribution in [3.8, 4) is 33.8 Å². The Morgan fingerprint density at radius 2 is 1.42 bits per heavy atom. The third-order valence-electron chi connectivity index (χ3n) is 6.57. The summed E-state index contributed by atoms with van der Waals surface area (Å²) in [5.74, 6) is -9.14. The van der Waals surface area contributed by atoms with E-state index in [0.29, 0.717) is 18.6 Å². The van der Waals surface area contributed by atoms with Gasteiger partial charge >= 0.3 is 17.9 Å². The average molecular weight is 667 g/mol. The highest BCUT2D eigenvalue weighted by Crippen LogP contribution is 2.33. The Morgan fingerprint density at radius 1 is 0.750 bits per heavy atom. The Bertz CT molecular complexity index is 1870. The fourth-order valence-corrected chi connectivity index (χ4v) is 4.22. The second-order valence-corrected chi connectivity index (χ2v) is 9.98. The molecule has 0 aromatic heterocycles. The fourth-order valence-electron chi connectivity index (χ4n) is 4.22. The molecule has 48 heavy (non-hydrogen) atoms. The molecule has 0 saturated heterocycles. The van der Waals surface area contributed by atoms with E-state index in [1.165, 1.54) is 42.5 Å². The second kappa shape index (κ2) is 16.2. The predicted octanol–water partition coefficient (Wildman–Crippen LogP) is 8.17. The maximum absolute atomic E-state index is 15.2. The smallest absolute Gasteiger partial charge is 0.366 e. The molecule has 0 aliphatic rings. The minimum Gasteiger partial charge on any atom is -0.487 e. The van der Waals surface area contributed by atoms with E-state index in [0.717, 1.165) is 30.3 Å².